The van der Waals surface area contributed by atoms with Crippen LogP contribution in [0.5, 0.6) is 11.5 Å². The van der Waals surface area contributed by atoms with Crippen LogP contribution in [0.3, 0.4) is 0 Å². The van der Waals surface area contributed by atoms with Crippen LogP contribution >= 0.6 is 0 Å². The number of carbonyl (C=O) groups is 2. The van der Waals surface area contributed by atoms with Gasteiger partial charge in [0.25, 0.3) is 0 Å². The van der Waals surface area contributed by atoms with Crippen LogP contribution in [0.25, 0.3) is 0 Å². The average molecular weight is 425 g/mol. The molecule has 2 aliphatic rings. The molecule has 2 N–H and O–H groups in total. The minimum atomic E-state index is -0.719. The van der Waals surface area contributed by atoms with Crippen molar-refractivity contribution in [2.24, 2.45) is 0 Å². The summed E-state index contributed by atoms with van der Waals surface area (Å²) in [7, 11) is 6.05. The van der Waals surface area contributed by atoms with Crippen LogP contribution < -0.4 is 25.0 Å². The average Bonchev–Trinajstić information content (AvgIpc) is 3.21. The summed E-state index contributed by atoms with van der Waals surface area (Å²) in [6, 6.07) is 11.4. The first kappa shape index (κ1) is 21.0. The quantitative estimate of drug-likeness (QED) is 0.716. The Bertz CT molecular complexity index is 992. The first-order valence-corrected chi connectivity index (χ1v) is 10.4. The lowest BCUT2D eigenvalue weighted by atomic mass is 9.96. The van der Waals surface area contributed by atoms with E-state index in [1.165, 1.54) is 11.3 Å². The second-order valence-electron chi connectivity index (χ2n) is 8.12. The molecule has 2 aliphatic heterocycles. The standard InChI is InChI=1S/C23H28N4O4/c1-26(2)19(16-6-8-18-15(11-16)5-4-10-27(18)3)13-24-22(28)23(29)25-17-7-9-20-21(12-17)31-14-30-20/h6-9,11-12,19H,4-5,10,13-14H2,1-3H3,(H,24,28)(H,25,29). The summed E-state index contributed by atoms with van der Waals surface area (Å²) >= 11 is 0. The molecule has 31 heavy (non-hydrogen) atoms. The minimum absolute atomic E-state index is 0.0418. The van der Waals surface area contributed by atoms with E-state index < -0.39 is 11.8 Å². The van der Waals surface area contributed by atoms with Gasteiger partial charge in [0.1, 0.15) is 0 Å². The van der Waals surface area contributed by atoms with Gasteiger partial charge in [-0.05, 0) is 56.3 Å². The van der Waals surface area contributed by atoms with Crippen molar-refractivity contribution in [2.45, 2.75) is 18.9 Å². The van der Waals surface area contributed by atoms with Gasteiger partial charge in [-0.15, -0.1) is 0 Å². The number of ether oxygens (including phenoxy) is 2. The molecule has 0 saturated carbocycles. The Morgan fingerprint density at radius 3 is 2.71 bits per heavy atom. The monoisotopic (exact) mass is 424 g/mol. The molecular weight excluding hydrogens is 396 g/mol. The van der Waals surface area contributed by atoms with Gasteiger partial charge in [0.05, 0.1) is 6.04 Å². The molecule has 1 atom stereocenters. The van der Waals surface area contributed by atoms with E-state index in [4.69, 9.17) is 9.47 Å². The molecule has 2 aromatic rings. The van der Waals surface area contributed by atoms with Crippen molar-refractivity contribution in [1.82, 2.24) is 10.2 Å². The zero-order valence-corrected chi connectivity index (χ0v) is 18.1. The van der Waals surface area contributed by atoms with Crippen molar-refractivity contribution in [2.75, 3.05) is 51.2 Å². The predicted molar refractivity (Wildman–Crippen MR) is 119 cm³/mol. The molecular formula is C23H28N4O4. The molecule has 0 saturated heterocycles. The molecule has 0 spiro atoms. The summed E-state index contributed by atoms with van der Waals surface area (Å²) < 4.78 is 10.6. The SMILES string of the molecule is CN1CCCc2cc(C(CNC(=O)C(=O)Nc3ccc4c(c3)OCO4)N(C)C)ccc21. The van der Waals surface area contributed by atoms with Gasteiger partial charge in [0.15, 0.2) is 11.5 Å². The number of rotatable bonds is 5. The molecule has 0 bridgehead atoms. The van der Waals surface area contributed by atoms with Gasteiger partial charge >= 0.3 is 11.8 Å². The highest BCUT2D eigenvalue weighted by molar-refractivity contribution is 6.39. The summed E-state index contributed by atoms with van der Waals surface area (Å²) in [5.41, 5.74) is 4.19. The molecule has 164 valence electrons. The highest BCUT2D eigenvalue weighted by atomic mass is 16.7. The Morgan fingerprint density at radius 1 is 1.10 bits per heavy atom. The van der Waals surface area contributed by atoms with Gasteiger partial charge in [0, 0.05) is 37.6 Å². The van der Waals surface area contributed by atoms with E-state index in [2.05, 4.69) is 40.8 Å². The minimum Gasteiger partial charge on any atom is -0.454 e. The fourth-order valence-electron chi connectivity index (χ4n) is 4.04. The van der Waals surface area contributed by atoms with Gasteiger partial charge in [0.2, 0.25) is 6.79 Å². The van der Waals surface area contributed by atoms with E-state index in [-0.39, 0.29) is 12.8 Å². The fraction of sp³-hybridized carbons (Fsp3) is 0.391. The lowest BCUT2D eigenvalue weighted by Crippen LogP contribution is -2.40. The van der Waals surface area contributed by atoms with Crippen LogP contribution in [0, 0.1) is 0 Å². The van der Waals surface area contributed by atoms with Crippen LogP contribution in [-0.4, -0.2) is 57.7 Å². The highest BCUT2D eigenvalue weighted by Crippen LogP contribution is 2.34. The normalized spacial score (nSPS) is 15.4. The van der Waals surface area contributed by atoms with Crippen LogP contribution in [0.2, 0.25) is 0 Å². The van der Waals surface area contributed by atoms with Gasteiger partial charge in [-0.25, -0.2) is 0 Å². The molecule has 4 rings (SSSR count). The molecule has 1 unspecified atom stereocenters. The summed E-state index contributed by atoms with van der Waals surface area (Å²) in [5.74, 6) is -0.234. The Morgan fingerprint density at radius 2 is 1.90 bits per heavy atom. The van der Waals surface area contributed by atoms with Crippen molar-refractivity contribution in [1.29, 1.82) is 0 Å². The molecule has 0 aliphatic carbocycles. The Labute approximate surface area is 182 Å². The smallest absolute Gasteiger partial charge is 0.313 e. The number of nitrogens with zero attached hydrogens (tertiary/aromatic N) is 2. The fourth-order valence-corrected chi connectivity index (χ4v) is 4.04. The van der Waals surface area contributed by atoms with Gasteiger partial charge in [-0.1, -0.05) is 12.1 Å². The van der Waals surface area contributed by atoms with E-state index in [0.29, 0.717) is 23.7 Å². The molecule has 0 fully saturated rings. The maximum absolute atomic E-state index is 12.4. The zero-order valence-electron chi connectivity index (χ0n) is 18.1. The molecule has 0 radical (unpaired) electrons. The molecule has 2 aromatic carbocycles. The third-order valence-corrected chi connectivity index (χ3v) is 5.76. The number of hydrogen-bond acceptors (Lipinski definition) is 6. The van der Waals surface area contributed by atoms with E-state index in [1.807, 2.05) is 19.0 Å². The van der Waals surface area contributed by atoms with Crippen molar-refractivity contribution in [3.05, 3.63) is 47.5 Å². The van der Waals surface area contributed by atoms with Crippen molar-refractivity contribution >= 4 is 23.2 Å². The Kier molecular flexibility index (Phi) is 5.99. The molecule has 8 nitrogen and oxygen atoms in total. The summed E-state index contributed by atoms with van der Waals surface area (Å²) in [6.45, 7) is 1.55. The maximum atomic E-state index is 12.4. The van der Waals surface area contributed by atoms with Crippen molar-refractivity contribution in [3.63, 3.8) is 0 Å². The Balaban J connectivity index is 1.39. The number of fused-ring (bicyclic) bond motifs is 2. The number of benzene rings is 2. The van der Waals surface area contributed by atoms with Crippen molar-refractivity contribution < 1.29 is 19.1 Å². The summed E-state index contributed by atoms with van der Waals surface area (Å²) in [5, 5.41) is 5.37. The number of nitrogens with one attached hydrogen (secondary N) is 2. The Hall–Kier alpha value is -3.26. The largest absolute Gasteiger partial charge is 0.454 e. The zero-order chi connectivity index (χ0) is 22.0. The van der Waals surface area contributed by atoms with E-state index in [1.54, 1.807) is 18.2 Å². The van der Waals surface area contributed by atoms with E-state index in [0.717, 1.165) is 24.9 Å². The molecule has 2 heterocycles. The number of anilines is 2. The highest BCUT2D eigenvalue weighted by Gasteiger charge is 2.22. The van der Waals surface area contributed by atoms with Crippen LogP contribution in [0.15, 0.2) is 36.4 Å². The van der Waals surface area contributed by atoms with E-state index in [9.17, 15) is 9.59 Å². The summed E-state index contributed by atoms with van der Waals surface area (Å²) in [4.78, 5) is 29.1. The number of amides is 2. The third kappa shape index (κ3) is 4.59. The lowest BCUT2D eigenvalue weighted by Gasteiger charge is -2.30. The third-order valence-electron chi connectivity index (χ3n) is 5.76. The van der Waals surface area contributed by atoms with Crippen LogP contribution in [0.4, 0.5) is 11.4 Å². The lowest BCUT2D eigenvalue weighted by molar-refractivity contribution is -0.136. The number of carbonyl (C=O) groups excluding carboxylic acids is 2. The van der Waals surface area contributed by atoms with Gasteiger partial charge in [-0.3, -0.25) is 9.59 Å². The number of likely N-dealkylation sites (N-methyl/N-ethyl adjacent to an activating group) is 1. The van der Waals surface area contributed by atoms with Crippen LogP contribution in [-0.2, 0) is 16.0 Å². The number of aryl methyl sites for hydroxylation is 1. The number of hydrogen-bond donors (Lipinski definition) is 2. The summed E-state index contributed by atoms with van der Waals surface area (Å²) in [6.07, 6.45) is 2.19. The maximum Gasteiger partial charge on any atom is 0.313 e. The van der Waals surface area contributed by atoms with Crippen molar-refractivity contribution in [3.8, 4) is 11.5 Å². The second kappa shape index (κ2) is 8.85. The first-order valence-electron chi connectivity index (χ1n) is 10.4. The molecule has 0 aromatic heterocycles. The molecule has 2 amide bonds. The van der Waals surface area contributed by atoms with E-state index >= 15 is 0 Å². The first-order chi connectivity index (χ1) is 14.9. The second-order valence-corrected chi connectivity index (χ2v) is 8.12. The topological polar surface area (TPSA) is 83.1 Å². The molecule has 8 heteroatoms. The van der Waals surface area contributed by atoms with Crippen LogP contribution in [0.1, 0.15) is 23.6 Å². The van der Waals surface area contributed by atoms with Gasteiger partial charge in [-0.2, -0.15) is 0 Å². The van der Waals surface area contributed by atoms with Gasteiger partial charge < -0.3 is 29.9 Å². The predicted octanol–water partition coefficient (Wildman–Crippen LogP) is 2.16.